The molecule has 0 saturated heterocycles. The van der Waals surface area contributed by atoms with Gasteiger partial charge in [0, 0.05) is 13.1 Å². The predicted molar refractivity (Wildman–Crippen MR) is 117 cm³/mol. The van der Waals surface area contributed by atoms with Crippen LogP contribution in [0.3, 0.4) is 0 Å². The van der Waals surface area contributed by atoms with E-state index in [1.807, 2.05) is 45.9 Å². The van der Waals surface area contributed by atoms with Crippen molar-refractivity contribution in [3.8, 4) is 5.75 Å². The van der Waals surface area contributed by atoms with Crippen molar-refractivity contribution >= 4 is 16.9 Å². The number of benzene rings is 2. The lowest BCUT2D eigenvalue weighted by atomic mass is 10.2. The van der Waals surface area contributed by atoms with Crippen molar-refractivity contribution in [1.29, 1.82) is 0 Å². The molecule has 5 nitrogen and oxygen atoms in total. The van der Waals surface area contributed by atoms with Crippen LogP contribution in [-0.4, -0.2) is 33.4 Å². The molecular weight excluding hydrogens is 362 g/mol. The first kappa shape index (κ1) is 20.9. The minimum atomic E-state index is 0.130. The number of para-hydroxylation sites is 2. The first-order chi connectivity index (χ1) is 14.2. The number of ether oxygens (including phenoxy) is 1. The van der Waals surface area contributed by atoms with Crippen LogP contribution in [0, 0.1) is 0 Å². The smallest absolute Gasteiger partial charge is 0.242 e. The van der Waals surface area contributed by atoms with Gasteiger partial charge in [-0.2, -0.15) is 0 Å². The Bertz CT molecular complexity index is 925. The summed E-state index contributed by atoms with van der Waals surface area (Å²) in [5, 5.41) is 0. The van der Waals surface area contributed by atoms with Gasteiger partial charge in [0.2, 0.25) is 5.91 Å². The molecule has 29 heavy (non-hydrogen) atoms. The average Bonchev–Trinajstić information content (AvgIpc) is 3.10. The molecule has 3 aromatic rings. The molecule has 1 aromatic heterocycles. The Labute approximate surface area is 173 Å². The topological polar surface area (TPSA) is 47.4 Å². The number of aryl methyl sites for hydroxylation is 1. The molecule has 0 saturated carbocycles. The third-order valence-corrected chi connectivity index (χ3v) is 5.07. The zero-order chi connectivity index (χ0) is 20.6. The molecule has 0 aliphatic carbocycles. The molecule has 0 aliphatic rings. The molecule has 0 aliphatic heterocycles. The van der Waals surface area contributed by atoms with Crippen LogP contribution >= 0.6 is 0 Å². The van der Waals surface area contributed by atoms with Crippen LogP contribution in [-0.2, 0) is 24.4 Å². The summed E-state index contributed by atoms with van der Waals surface area (Å²) in [5.74, 6) is 1.71. The second-order valence-electron chi connectivity index (χ2n) is 7.27. The molecular formula is C24H31N3O2. The minimum Gasteiger partial charge on any atom is -0.486 e. The summed E-state index contributed by atoms with van der Waals surface area (Å²) >= 11 is 0. The molecule has 0 atom stereocenters. The molecule has 0 unspecified atom stereocenters. The van der Waals surface area contributed by atoms with E-state index in [4.69, 9.17) is 9.72 Å². The van der Waals surface area contributed by atoms with E-state index < -0.39 is 0 Å². The number of aromatic nitrogens is 2. The lowest BCUT2D eigenvalue weighted by Crippen LogP contribution is -2.35. The van der Waals surface area contributed by atoms with E-state index in [-0.39, 0.29) is 12.5 Å². The Morgan fingerprint density at radius 3 is 2.34 bits per heavy atom. The minimum absolute atomic E-state index is 0.130. The van der Waals surface area contributed by atoms with E-state index >= 15 is 0 Å². The number of amides is 1. The highest BCUT2D eigenvalue weighted by Crippen LogP contribution is 2.19. The van der Waals surface area contributed by atoms with Gasteiger partial charge in [-0.3, -0.25) is 4.79 Å². The van der Waals surface area contributed by atoms with Gasteiger partial charge in [-0.05, 0) is 49.1 Å². The van der Waals surface area contributed by atoms with E-state index in [1.165, 1.54) is 5.56 Å². The molecule has 1 heterocycles. The summed E-state index contributed by atoms with van der Waals surface area (Å²) in [5.41, 5.74) is 3.13. The zero-order valence-electron chi connectivity index (χ0n) is 17.7. The second kappa shape index (κ2) is 10.1. The third kappa shape index (κ3) is 5.17. The number of carbonyl (C=O) groups is 1. The molecule has 2 aromatic carbocycles. The summed E-state index contributed by atoms with van der Waals surface area (Å²) < 4.78 is 7.99. The Morgan fingerprint density at radius 1 is 1.00 bits per heavy atom. The van der Waals surface area contributed by atoms with Gasteiger partial charge in [-0.15, -0.1) is 0 Å². The first-order valence-corrected chi connectivity index (χ1v) is 10.6. The normalized spacial score (nSPS) is 11.0. The number of imidazole rings is 1. The fraction of sp³-hybridized carbons (Fsp3) is 0.417. The van der Waals surface area contributed by atoms with Gasteiger partial charge >= 0.3 is 0 Å². The summed E-state index contributed by atoms with van der Waals surface area (Å²) in [6.07, 6.45) is 2.92. The van der Waals surface area contributed by atoms with Crippen LogP contribution in [0.4, 0.5) is 0 Å². The van der Waals surface area contributed by atoms with Crippen LogP contribution in [0.2, 0.25) is 0 Å². The highest BCUT2D eigenvalue weighted by atomic mass is 16.5. The standard InChI is InChI=1S/C24H31N3O2/c1-4-15-26(16-5-2)24(28)17-27-22-10-8-7-9-21(22)25-23(27)18-29-20-13-11-19(6-3)12-14-20/h7-14H,4-6,15-18H2,1-3H3. The van der Waals surface area contributed by atoms with E-state index in [2.05, 4.69) is 32.9 Å². The van der Waals surface area contributed by atoms with Gasteiger partial charge in [0.1, 0.15) is 24.7 Å². The largest absolute Gasteiger partial charge is 0.486 e. The van der Waals surface area contributed by atoms with Gasteiger partial charge in [0.25, 0.3) is 0 Å². The number of nitrogens with zero attached hydrogens (tertiary/aromatic N) is 3. The fourth-order valence-corrected chi connectivity index (χ4v) is 3.52. The number of rotatable bonds is 10. The summed E-state index contributed by atoms with van der Waals surface area (Å²) in [6.45, 7) is 8.53. The molecule has 0 bridgehead atoms. The van der Waals surface area contributed by atoms with E-state index in [0.29, 0.717) is 6.61 Å². The third-order valence-electron chi connectivity index (χ3n) is 5.07. The Morgan fingerprint density at radius 2 is 1.69 bits per heavy atom. The number of carbonyl (C=O) groups excluding carboxylic acids is 1. The Kier molecular flexibility index (Phi) is 7.28. The molecule has 0 fully saturated rings. The van der Waals surface area contributed by atoms with Crippen LogP contribution < -0.4 is 4.74 Å². The molecule has 0 radical (unpaired) electrons. The Hall–Kier alpha value is -2.82. The van der Waals surface area contributed by atoms with Crippen LogP contribution in [0.15, 0.2) is 48.5 Å². The molecule has 0 N–H and O–H groups in total. The van der Waals surface area contributed by atoms with Crippen molar-refractivity contribution in [2.45, 2.75) is 53.2 Å². The van der Waals surface area contributed by atoms with Gasteiger partial charge in [-0.1, -0.05) is 45.0 Å². The lowest BCUT2D eigenvalue weighted by Gasteiger charge is -2.22. The maximum Gasteiger partial charge on any atom is 0.242 e. The maximum atomic E-state index is 13.0. The SMILES string of the molecule is CCCN(CCC)C(=O)Cn1c(COc2ccc(CC)cc2)nc2ccccc21. The number of hydrogen-bond acceptors (Lipinski definition) is 3. The van der Waals surface area contributed by atoms with Crippen molar-refractivity contribution in [3.63, 3.8) is 0 Å². The van der Waals surface area contributed by atoms with Crippen molar-refractivity contribution in [1.82, 2.24) is 14.5 Å². The fourth-order valence-electron chi connectivity index (χ4n) is 3.52. The van der Waals surface area contributed by atoms with Crippen LogP contribution in [0.25, 0.3) is 11.0 Å². The summed E-state index contributed by atoms with van der Waals surface area (Å²) in [4.78, 5) is 19.6. The quantitative estimate of drug-likeness (QED) is 0.496. The Balaban J connectivity index is 1.82. The highest BCUT2D eigenvalue weighted by molar-refractivity contribution is 5.81. The van der Waals surface area contributed by atoms with Crippen molar-refractivity contribution in [2.24, 2.45) is 0 Å². The highest BCUT2D eigenvalue weighted by Gasteiger charge is 2.18. The summed E-state index contributed by atoms with van der Waals surface area (Å²) in [6, 6.07) is 16.1. The van der Waals surface area contributed by atoms with E-state index in [9.17, 15) is 4.79 Å². The maximum absolute atomic E-state index is 13.0. The van der Waals surface area contributed by atoms with E-state index in [1.54, 1.807) is 0 Å². The molecule has 5 heteroatoms. The molecule has 154 valence electrons. The van der Waals surface area contributed by atoms with Gasteiger partial charge < -0.3 is 14.2 Å². The molecule has 3 rings (SSSR count). The first-order valence-electron chi connectivity index (χ1n) is 10.6. The van der Waals surface area contributed by atoms with Gasteiger partial charge in [0.15, 0.2) is 0 Å². The summed E-state index contributed by atoms with van der Waals surface area (Å²) in [7, 11) is 0. The molecule has 0 spiro atoms. The van der Waals surface area contributed by atoms with Crippen molar-refractivity contribution in [3.05, 3.63) is 59.9 Å². The number of hydrogen-bond donors (Lipinski definition) is 0. The van der Waals surface area contributed by atoms with E-state index in [0.717, 1.165) is 55.0 Å². The second-order valence-corrected chi connectivity index (χ2v) is 7.27. The monoisotopic (exact) mass is 393 g/mol. The predicted octanol–water partition coefficient (Wildman–Crippen LogP) is 4.83. The van der Waals surface area contributed by atoms with Crippen molar-refractivity contribution in [2.75, 3.05) is 13.1 Å². The average molecular weight is 394 g/mol. The van der Waals surface area contributed by atoms with Gasteiger partial charge in [-0.25, -0.2) is 4.98 Å². The number of fused-ring (bicyclic) bond motifs is 1. The van der Waals surface area contributed by atoms with Gasteiger partial charge in [0.05, 0.1) is 11.0 Å². The van der Waals surface area contributed by atoms with Crippen LogP contribution in [0.1, 0.15) is 45.0 Å². The zero-order valence-corrected chi connectivity index (χ0v) is 17.7. The molecule has 1 amide bonds. The van der Waals surface area contributed by atoms with Crippen molar-refractivity contribution < 1.29 is 9.53 Å². The van der Waals surface area contributed by atoms with Crippen LogP contribution in [0.5, 0.6) is 5.75 Å². The lowest BCUT2D eigenvalue weighted by molar-refractivity contribution is -0.131.